The summed E-state index contributed by atoms with van der Waals surface area (Å²) < 4.78 is 30.5. The van der Waals surface area contributed by atoms with Crippen LogP contribution in [0.1, 0.15) is 12.0 Å². The number of hydrogen-bond acceptors (Lipinski definition) is 5. The molecule has 0 spiro atoms. The molecular weight excluding hydrogens is 322 g/mol. The maximum atomic E-state index is 12.8. The Morgan fingerprint density at radius 3 is 2.23 bits per heavy atom. The van der Waals surface area contributed by atoms with Crippen LogP contribution in [0.4, 0.5) is 13.6 Å². The Morgan fingerprint density at radius 2 is 1.82 bits per heavy atom. The average molecular weight is 337 g/mol. The number of nitrogens with zero attached hydrogens (tertiary/aromatic N) is 1. The van der Waals surface area contributed by atoms with Crippen LogP contribution in [0.15, 0.2) is 24.3 Å². The van der Waals surface area contributed by atoms with Crippen LogP contribution in [0, 0.1) is 5.41 Å². The first-order valence-electron chi connectivity index (χ1n) is 6.02. The number of ether oxygens (including phenoxy) is 1. The van der Waals surface area contributed by atoms with Crippen molar-refractivity contribution in [3.63, 3.8) is 0 Å². The Kier molecular flexibility index (Phi) is 5.44. The fourth-order valence-corrected chi connectivity index (χ4v) is 1.43. The molecule has 1 rings (SSSR count). The maximum Gasteiger partial charge on any atom is 0.414 e. The number of halogens is 3. The van der Waals surface area contributed by atoms with Gasteiger partial charge in [-0.1, -0.05) is 0 Å². The van der Waals surface area contributed by atoms with E-state index in [0.29, 0.717) is 0 Å². The van der Waals surface area contributed by atoms with E-state index in [-0.39, 0.29) is 11.3 Å². The second-order valence-electron chi connectivity index (χ2n) is 4.76. The lowest BCUT2D eigenvalue weighted by molar-refractivity contribution is -0.254. The van der Waals surface area contributed by atoms with Crippen molar-refractivity contribution in [1.29, 1.82) is 5.41 Å². The molecule has 3 N–H and O–H groups in total. The van der Waals surface area contributed by atoms with E-state index in [0.717, 1.165) is 0 Å². The molecule has 0 unspecified atom stereocenters. The molecule has 1 aromatic rings. The molecule has 0 radical (unpaired) electrons. The predicted molar refractivity (Wildman–Crippen MR) is 75.6 cm³/mol. The van der Waals surface area contributed by atoms with E-state index >= 15 is 0 Å². The second-order valence-corrected chi connectivity index (χ2v) is 5.23. The van der Waals surface area contributed by atoms with Gasteiger partial charge in [-0.05, 0) is 41.4 Å². The quantitative estimate of drug-likeness (QED) is 0.435. The van der Waals surface area contributed by atoms with Gasteiger partial charge in [-0.2, -0.15) is 8.78 Å². The summed E-state index contributed by atoms with van der Waals surface area (Å²) in [6.45, 7) is 0. The third kappa shape index (κ3) is 4.62. The standard InChI is InChI=1S/C13H15ClF2N2O4/c1-18(2)11(19)22-9-5-3-8(4-6-9)10(17)7-12(20,21)13(14,15)16/h3-6,17,20-21H,7H2,1-2H3. The van der Waals surface area contributed by atoms with E-state index in [2.05, 4.69) is 11.6 Å². The van der Waals surface area contributed by atoms with Crippen LogP contribution in [0.5, 0.6) is 5.75 Å². The molecule has 0 saturated carbocycles. The molecule has 9 heteroatoms. The molecule has 1 amide bonds. The first-order chi connectivity index (χ1) is 9.94. The highest BCUT2D eigenvalue weighted by molar-refractivity contribution is 6.22. The van der Waals surface area contributed by atoms with Crippen LogP contribution in [0.25, 0.3) is 0 Å². The molecule has 6 nitrogen and oxygen atoms in total. The molecule has 0 aromatic heterocycles. The first kappa shape index (κ1) is 18.3. The Balaban J connectivity index is 2.79. The Bertz CT molecular complexity index is 556. The van der Waals surface area contributed by atoms with E-state index in [9.17, 15) is 23.8 Å². The van der Waals surface area contributed by atoms with E-state index in [1.54, 1.807) is 0 Å². The van der Waals surface area contributed by atoms with Crippen molar-refractivity contribution in [3.8, 4) is 5.75 Å². The van der Waals surface area contributed by atoms with Crippen molar-refractivity contribution in [2.75, 3.05) is 14.1 Å². The third-order valence-corrected chi connectivity index (χ3v) is 2.95. The molecule has 0 aliphatic carbocycles. The van der Waals surface area contributed by atoms with Crippen molar-refractivity contribution in [2.24, 2.45) is 0 Å². The largest absolute Gasteiger partial charge is 0.414 e. The van der Waals surface area contributed by atoms with Gasteiger partial charge < -0.3 is 25.3 Å². The van der Waals surface area contributed by atoms with Crippen molar-refractivity contribution in [2.45, 2.75) is 17.6 Å². The van der Waals surface area contributed by atoms with Crippen LogP contribution < -0.4 is 4.74 Å². The Labute approximate surface area is 130 Å². The SMILES string of the molecule is CN(C)C(=O)Oc1ccc(C(=N)CC(O)(O)C(F)(F)Cl)cc1. The van der Waals surface area contributed by atoms with Crippen LogP contribution in [-0.2, 0) is 0 Å². The van der Waals surface area contributed by atoms with E-state index in [4.69, 9.17) is 10.1 Å². The minimum absolute atomic E-state index is 0.151. The molecule has 0 bridgehead atoms. The molecular formula is C13H15ClF2N2O4. The minimum Gasteiger partial charge on any atom is -0.410 e. The zero-order valence-electron chi connectivity index (χ0n) is 11.8. The molecule has 0 fully saturated rings. The van der Waals surface area contributed by atoms with Gasteiger partial charge in [0.05, 0.1) is 6.42 Å². The number of alkyl halides is 3. The zero-order valence-corrected chi connectivity index (χ0v) is 12.6. The first-order valence-corrected chi connectivity index (χ1v) is 6.40. The number of nitrogens with one attached hydrogen (secondary N) is 1. The summed E-state index contributed by atoms with van der Waals surface area (Å²) in [7, 11) is 3.00. The Morgan fingerprint density at radius 1 is 1.32 bits per heavy atom. The summed E-state index contributed by atoms with van der Waals surface area (Å²) in [5.41, 5.74) is -0.311. The van der Waals surface area contributed by atoms with Gasteiger partial charge in [-0.3, -0.25) is 0 Å². The lowest BCUT2D eigenvalue weighted by Crippen LogP contribution is -2.45. The smallest absolute Gasteiger partial charge is 0.410 e. The molecule has 0 aliphatic heterocycles. The van der Waals surface area contributed by atoms with Gasteiger partial charge in [-0.25, -0.2) is 4.79 Å². The summed E-state index contributed by atoms with van der Waals surface area (Å²) in [5.74, 6) is -3.35. The Hall–Kier alpha value is -1.77. The summed E-state index contributed by atoms with van der Waals surface area (Å²) in [5, 5.41) is 21.7. The molecule has 122 valence electrons. The monoisotopic (exact) mass is 336 g/mol. The van der Waals surface area contributed by atoms with Crippen LogP contribution in [0.3, 0.4) is 0 Å². The minimum atomic E-state index is -4.29. The van der Waals surface area contributed by atoms with Crippen LogP contribution in [0.2, 0.25) is 0 Å². The highest BCUT2D eigenvalue weighted by Crippen LogP contribution is 2.34. The van der Waals surface area contributed by atoms with Crippen molar-refractivity contribution in [3.05, 3.63) is 29.8 Å². The van der Waals surface area contributed by atoms with Crippen LogP contribution >= 0.6 is 11.6 Å². The number of carbonyl (C=O) groups is 1. The molecule has 0 heterocycles. The lowest BCUT2D eigenvalue weighted by atomic mass is 10.0. The fraction of sp³-hybridized carbons (Fsp3) is 0.385. The molecule has 22 heavy (non-hydrogen) atoms. The highest BCUT2D eigenvalue weighted by Gasteiger charge is 2.50. The van der Waals surface area contributed by atoms with E-state index < -0.39 is 29.4 Å². The third-order valence-electron chi connectivity index (χ3n) is 2.65. The number of aliphatic hydroxyl groups is 2. The summed E-state index contributed by atoms with van der Waals surface area (Å²) in [6, 6.07) is 5.34. The summed E-state index contributed by atoms with van der Waals surface area (Å²) in [6.07, 6.45) is -1.67. The molecule has 0 saturated heterocycles. The number of rotatable bonds is 5. The molecule has 0 aliphatic rings. The van der Waals surface area contributed by atoms with Gasteiger partial charge in [0.15, 0.2) is 0 Å². The van der Waals surface area contributed by atoms with E-state index in [1.807, 2.05) is 0 Å². The predicted octanol–water partition coefficient (Wildman–Crippen LogP) is 2.02. The molecule has 1 aromatic carbocycles. The lowest BCUT2D eigenvalue weighted by Gasteiger charge is -2.26. The second kappa shape index (κ2) is 6.55. The topological polar surface area (TPSA) is 93.9 Å². The fourth-order valence-electron chi connectivity index (χ4n) is 1.37. The van der Waals surface area contributed by atoms with Gasteiger partial charge in [0.2, 0.25) is 5.79 Å². The normalized spacial score (nSPS) is 12.0. The number of carbonyl (C=O) groups excluding carboxylic acids is 1. The van der Waals surface area contributed by atoms with Crippen LogP contribution in [-0.4, -0.2) is 52.2 Å². The number of hydrogen-bond donors (Lipinski definition) is 3. The average Bonchev–Trinajstić information content (AvgIpc) is 2.37. The maximum absolute atomic E-state index is 12.8. The van der Waals surface area contributed by atoms with Crippen molar-refractivity contribution in [1.82, 2.24) is 4.90 Å². The van der Waals surface area contributed by atoms with Crippen molar-refractivity contribution < 1.29 is 28.5 Å². The summed E-state index contributed by atoms with van der Waals surface area (Å²) >= 11 is 4.58. The van der Waals surface area contributed by atoms with Gasteiger partial charge in [0, 0.05) is 19.8 Å². The van der Waals surface area contributed by atoms with Gasteiger partial charge in [0.1, 0.15) is 5.75 Å². The van der Waals surface area contributed by atoms with E-state index in [1.165, 1.54) is 43.3 Å². The number of amides is 1. The van der Waals surface area contributed by atoms with Gasteiger partial charge in [0.25, 0.3) is 0 Å². The highest BCUT2D eigenvalue weighted by atomic mass is 35.5. The van der Waals surface area contributed by atoms with Crippen molar-refractivity contribution >= 4 is 23.4 Å². The van der Waals surface area contributed by atoms with Gasteiger partial charge >= 0.3 is 11.5 Å². The number of benzene rings is 1. The molecule has 0 atom stereocenters. The zero-order chi connectivity index (χ0) is 17.1. The summed E-state index contributed by atoms with van der Waals surface area (Å²) in [4.78, 5) is 12.5. The van der Waals surface area contributed by atoms with Gasteiger partial charge in [-0.15, -0.1) is 0 Å².